The average Bonchev–Trinajstić information content (AvgIpc) is 2.38. The van der Waals surface area contributed by atoms with Crippen molar-refractivity contribution in [1.82, 2.24) is 0 Å². The molecule has 0 saturated heterocycles. The maximum atomic E-state index is 12.1. The van der Waals surface area contributed by atoms with Crippen LogP contribution < -0.4 is 9.64 Å². The lowest BCUT2D eigenvalue weighted by Gasteiger charge is -2.31. The van der Waals surface area contributed by atoms with Crippen LogP contribution in [0.3, 0.4) is 0 Å². The summed E-state index contributed by atoms with van der Waals surface area (Å²) in [5, 5.41) is 0.564. The smallest absolute Gasteiger partial charge is 0.326 e. The highest BCUT2D eigenvalue weighted by Gasteiger charge is 2.31. The van der Waals surface area contributed by atoms with Crippen LogP contribution in [0.5, 0.6) is 5.75 Å². The number of benzene rings is 1. The Kier molecular flexibility index (Phi) is 4.42. The zero-order valence-corrected chi connectivity index (χ0v) is 13.3. The van der Waals surface area contributed by atoms with Gasteiger partial charge < -0.3 is 9.47 Å². The molecule has 1 aliphatic heterocycles. The number of hydrogen-bond donors (Lipinski definition) is 0. The molecular formula is C15H18ClNO4. The second kappa shape index (κ2) is 5.93. The second-order valence-electron chi connectivity index (χ2n) is 5.29. The van der Waals surface area contributed by atoms with Crippen molar-refractivity contribution >= 4 is 29.2 Å². The number of amides is 1. The van der Waals surface area contributed by atoms with Gasteiger partial charge in [-0.05, 0) is 44.9 Å². The largest absolute Gasteiger partial charge is 0.482 e. The van der Waals surface area contributed by atoms with E-state index in [0.29, 0.717) is 16.5 Å². The molecule has 0 aliphatic carbocycles. The fourth-order valence-electron chi connectivity index (χ4n) is 2.30. The van der Waals surface area contributed by atoms with Crippen LogP contribution in [0.2, 0.25) is 5.02 Å². The summed E-state index contributed by atoms with van der Waals surface area (Å²) in [4.78, 5) is 25.3. The van der Waals surface area contributed by atoms with E-state index in [9.17, 15) is 9.59 Å². The normalized spacial score (nSPS) is 14.0. The van der Waals surface area contributed by atoms with Crippen molar-refractivity contribution in [3.8, 4) is 5.75 Å². The predicted octanol–water partition coefficient (Wildman–Crippen LogP) is 2.63. The van der Waals surface area contributed by atoms with Crippen LogP contribution in [0, 0.1) is 13.8 Å². The van der Waals surface area contributed by atoms with Crippen molar-refractivity contribution in [2.24, 2.45) is 0 Å². The summed E-state index contributed by atoms with van der Waals surface area (Å²) in [5.41, 5.74) is 2.13. The van der Waals surface area contributed by atoms with Gasteiger partial charge in [0.05, 0.1) is 11.8 Å². The quantitative estimate of drug-likeness (QED) is 0.805. The number of hydrogen-bond acceptors (Lipinski definition) is 4. The molecule has 5 nitrogen and oxygen atoms in total. The van der Waals surface area contributed by atoms with Gasteiger partial charge in [0.15, 0.2) is 6.61 Å². The van der Waals surface area contributed by atoms with Gasteiger partial charge >= 0.3 is 5.97 Å². The zero-order valence-electron chi connectivity index (χ0n) is 12.5. The fraction of sp³-hybridized carbons (Fsp3) is 0.467. The van der Waals surface area contributed by atoms with E-state index < -0.39 is 5.97 Å². The van der Waals surface area contributed by atoms with Crippen LogP contribution in [-0.4, -0.2) is 31.1 Å². The van der Waals surface area contributed by atoms with Crippen LogP contribution in [-0.2, 0) is 14.3 Å². The molecule has 6 heteroatoms. The average molecular weight is 312 g/mol. The fourth-order valence-corrected chi connectivity index (χ4v) is 2.44. The highest BCUT2D eigenvalue weighted by atomic mass is 35.5. The molecule has 0 saturated carbocycles. The number of carbonyl (C=O) groups is 2. The highest BCUT2D eigenvalue weighted by molar-refractivity contribution is 6.32. The first kappa shape index (κ1) is 15.6. The maximum absolute atomic E-state index is 12.1. The van der Waals surface area contributed by atoms with Crippen molar-refractivity contribution in [3.05, 3.63) is 22.2 Å². The van der Waals surface area contributed by atoms with E-state index in [1.54, 1.807) is 26.8 Å². The van der Waals surface area contributed by atoms with Crippen LogP contribution in [0.25, 0.3) is 0 Å². The standard InChI is InChI=1S/C15H18ClNO4/c1-8(2)21-13(19)6-17-12(18)7-20-11-5-9(3)14(16)10(4)15(11)17/h5,8H,6-7H2,1-4H3. The van der Waals surface area contributed by atoms with E-state index in [1.807, 2.05) is 6.92 Å². The zero-order chi connectivity index (χ0) is 15.7. The van der Waals surface area contributed by atoms with E-state index in [1.165, 1.54) is 4.90 Å². The Morgan fingerprint density at radius 2 is 2.14 bits per heavy atom. The molecule has 1 heterocycles. The Hall–Kier alpha value is -1.75. The summed E-state index contributed by atoms with van der Waals surface area (Å²) < 4.78 is 10.5. The molecule has 0 spiro atoms. The number of esters is 1. The van der Waals surface area contributed by atoms with Crippen molar-refractivity contribution in [3.63, 3.8) is 0 Å². The minimum absolute atomic E-state index is 0.0948. The number of aryl methyl sites for hydroxylation is 1. The van der Waals surface area contributed by atoms with Gasteiger partial charge in [0.2, 0.25) is 0 Å². The van der Waals surface area contributed by atoms with E-state index in [4.69, 9.17) is 21.1 Å². The molecule has 0 N–H and O–H groups in total. The Bertz CT molecular complexity index is 598. The molecule has 0 fully saturated rings. The topological polar surface area (TPSA) is 55.8 Å². The first-order valence-corrected chi connectivity index (χ1v) is 7.11. The number of nitrogens with zero attached hydrogens (tertiary/aromatic N) is 1. The summed E-state index contributed by atoms with van der Waals surface area (Å²) in [6.07, 6.45) is -0.226. The Labute approximate surface area is 128 Å². The monoisotopic (exact) mass is 311 g/mol. The molecule has 114 valence electrons. The lowest BCUT2D eigenvalue weighted by Crippen LogP contribution is -2.43. The minimum Gasteiger partial charge on any atom is -0.482 e. The molecule has 1 aromatic rings. The van der Waals surface area contributed by atoms with Gasteiger partial charge in [-0.3, -0.25) is 14.5 Å². The third-order valence-corrected chi connectivity index (χ3v) is 3.77. The van der Waals surface area contributed by atoms with Gasteiger partial charge in [-0.2, -0.15) is 0 Å². The number of anilines is 1. The Balaban J connectivity index is 2.38. The Morgan fingerprint density at radius 1 is 1.48 bits per heavy atom. The van der Waals surface area contributed by atoms with Gasteiger partial charge in [-0.1, -0.05) is 11.6 Å². The number of ether oxygens (including phenoxy) is 2. The number of carbonyl (C=O) groups excluding carboxylic acids is 2. The summed E-state index contributed by atoms with van der Waals surface area (Å²) in [7, 11) is 0. The van der Waals surface area contributed by atoms with Crippen molar-refractivity contribution in [1.29, 1.82) is 0 Å². The van der Waals surface area contributed by atoms with Crippen LogP contribution >= 0.6 is 11.6 Å². The van der Waals surface area contributed by atoms with Crippen LogP contribution in [0.1, 0.15) is 25.0 Å². The van der Waals surface area contributed by atoms with E-state index in [2.05, 4.69) is 0 Å². The van der Waals surface area contributed by atoms with Gasteiger partial charge in [-0.15, -0.1) is 0 Å². The third-order valence-electron chi connectivity index (χ3n) is 3.19. The summed E-state index contributed by atoms with van der Waals surface area (Å²) >= 11 is 6.24. The summed E-state index contributed by atoms with van der Waals surface area (Å²) in [6, 6.07) is 1.78. The van der Waals surface area contributed by atoms with Gasteiger partial charge in [0, 0.05) is 5.02 Å². The molecule has 0 atom stereocenters. The van der Waals surface area contributed by atoms with Crippen molar-refractivity contribution < 1.29 is 19.1 Å². The first-order valence-electron chi connectivity index (χ1n) is 6.73. The molecule has 21 heavy (non-hydrogen) atoms. The second-order valence-corrected chi connectivity index (χ2v) is 5.66. The van der Waals surface area contributed by atoms with E-state index in [-0.39, 0.29) is 25.2 Å². The molecule has 1 aliphatic rings. The lowest BCUT2D eigenvalue weighted by atomic mass is 10.1. The number of fused-ring (bicyclic) bond motifs is 1. The molecular weight excluding hydrogens is 294 g/mol. The van der Waals surface area contributed by atoms with Crippen LogP contribution in [0.15, 0.2) is 6.07 Å². The highest BCUT2D eigenvalue weighted by Crippen LogP contribution is 2.40. The molecule has 1 aromatic carbocycles. The molecule has 0 bridgehead atoms. The summed E-state index contributed by atoms with van der Waals surface area (Å²) in [5.74, 6) is -0.181. The van der Waals surface area contributed by atoms with Crippen molar-refractivity contribution in [2.75, 3.05) is 18.1 Å². The summed E-state index contributed by atoms with van der Waals surface area (Å²) in [6.45, 7) is 6.96. The SMILES string of the molecule is Cc1cc2c(c(C)c1Cl)N(CC(=O)OC(C)C)C(=O)CO2. The Morgan fingerprint density at radius 3 is 2.76 bits per heavy atom. The molecule has 0 unspecified atom stereocenters. The molecule has 1 amide bonds. The van der Waals surface area contributed by atoms with Gasteiger partial charge in [-0.25, -0.2) is 0 Å². The lowest BCUT2D eigenvalue weighted by molar-refractivity contribution is -0.146. The molecule has 2 rings (SSSR count). The first-order chi connectivity index (χ1) is 9.81. The maximum Gasteiger partial charge on any atom is 0.326 e. The van der Waals surface area contributed by atoms with Crippen molar-refractivity contribution in [2.45, 2.75) is 33.8 Å². The molecule has 0 aromatic heterocycles. The van der Waals surface area contributed by atoms with E-state index in [0.717, 1.165) is 11.1 Å². The van der Waals surface area contributed by atoms with Crippen LogP contribution in [0.4, 0.5) is 5.69 Å². The van der Waals surface area contributed by atoms with Gasteiger partial charge in [0.25, 0.3) is 5.91 Å². The van der Waals surface area contributed by atoms with E-state index >= 15 is 0 Å². The number of rotatable bonds is 3. The predicted molar refractivity (Wildman–Crippen MR) is 80.0 cm³/mol. The van der Waals surface area contributed by atoms with Gasteiger partial charge in [0.1, 0.15) is 12.3 Å². The number of halogens is 1. The minimum atomic E-state index is -0.456. The molecule has 0 radical (unpaired) electrons. The third kappa shape index (κ3) is 3.13.